The lowest BCUT2D eigenvalue weighted by molar-refractivity contribution is 0.580. The molecule has 0 saturated carbocycles. The molecule has 1 heterocycles. The lowest BCUT2D eigenvalue weighted by Crippen LogP contribution is -2.23. The first-order valence-electron chi connectivity index (χ1n) is 5.61. The maximum atomic E-state index is 13.0. The molecule has 1 aromatic heterocycles. The number of nitriles is 1. The van der Waals surface area contributed by atoms with Gasteiger partial charge in [0.25, 0.3) is 0 Å². The van der Waals surface area contributed by atoms with Crippen LogP contribution in [0, 0.1) is 17.1 Å². The van der Waals surface area contributed by atoms with Gasteiger partial charge in [-0.3, -0.25) is 0 Å². The molecular formula is C13H10FN3O2S. The average Bonchev–Trinajstić information content (AvgIpc) is 2.45. The van der Waals surface area contributed by atoms with E-state index in [1.54, 1.807) is 12.1 Å². The van der Waals surface area contributed by atoms with Gasteiger partial charge in [-0.2, -0.15) is 5.26 Å². The van der Waals surface area contributed by atoms with Crippen molar-refractivity contribution in [1.82, 2.24) is 9.71 Å². The molecule has 7 heteroatoms. The van der Waals surface area contributed by atoms with Crippen LogP contribution in [0.25, 0.3) is 0 Å². The molecule has 0 aliphatic heterocycles. The maximum absolute atomic E-state index is 13.0. The Morgan fingerprint density at radius 1 is 1.30 bits per heavy atom. The van der Waals surface area contributed by atoms with Crippen molar-refractivity contribution in [2.45, 2.75) is 11.4 Å². The molecule has 0 unspecified atom stereocenters. The van der Waals surface area contributed by atoms with E-state index in [1.165, 1.54) is 30.3 Å². The summed E-state index contributed by atoms with van der Waals surface area (Å²) in [7, 11) is -3.74. The first-order chi connectivity index (χ1) is 9.51. The number of sulfonamides is 1. The number of benzene rings is 1. The SMILES string of the molecule is N#Cc1ccc(S(=O)(=O)NCc2cccc(F)c2)cn1. The van der Waals surface area contributed by atoms with Gasteiger partial charge < -0.3 is 0 Å². The Morgan fingerprint density at radius 3 is 2.70 bits per heavy atom. The van der Waals surface area contributed by atoms with Gasteiger partial charge in [0, 0.05) is 12.7 Å². The summed E-state index contributed by atoms with van der Waals surface area (Å²) in [5.41, 5.74) is 0.643. The third-order valence-corrected chi connectivity index (χ3v) is 3.90. The molecular weight excluding hydrogens is 281 g/mol. The van der Waals surface area contributed by atoms with Crippen LogP contribution in [0.5, 0.6) is 0 Å². The topological polar surface area (TPSA) is 82.8 Å². The van der Waals surface area contributed by atoms with Gasteiger partial charge in [0.05, 0.1) is 0 Å². The van der Waals surface area contributed by atoms with Crippen LogP contribution in [0.15, 0.2) is 47.5 Å². The fourth-order valence-corrected chi connectivity index (χ4v) is 2.48. The first-order valence-corrected chi connectivity index (χ1v) is 7.10. The Kier molecular flexibility index (Phi) is 4.08. The number of nitrogens with one attached hydrogen (secondary N) is 1. The summed E-state index contributed by atoms with van der Waals surface area (Å²) in [5.74, 6) is -0.429. The Labute approximate surface area is 115 Å². The zero-order valence-corrected chi connectivity index (χ0v) is 11.1. The smallest absolute Gasteiger partial charge is 0.242 e. The highest BCUT2D eigenvalue weighted by Gasteiger charge is 2.14. The molecule has 0 saturated heterocycles. The van der Waals surface area contributed by atoms with Crippen LogP contribution in [0.4, 0.5) is 4.39 Å². The van der Waals surface area contributed by atoms with Gasteiger partial charge in [0.15, 0.2) is 0 Å². The average molecular weight is 291 g/mol. The number of halogens is 1. The zero-order valence-electron chi connectivity index (χ0n) is 10.2. The van der Waals surface area contributed by atoms with E-state index in [0.29, 0.717) is 5.56 Å². The molecule has 102 valence electrons. The summed E-state index contributed by atoms with van der Waals surface area (Å²) < 4.78 is 39.2. The lowest BCUT2D eigenvalue weighted by atomic mass is 10.2. The third-order valence-electron chi connectivity index (χ3n) is 2.52. The number of rotatable bonds is 4. The summed E-state index contributed by atoms with van der Waals surface area (Å²) in [6.07, 6.45) is 1.10. The van der Waals surface area contributed by atoms with Gasteiger partial charge in [-0.1, -0.05) is 12.1 Å². The van der Waals surface area contributed by atoms with Crippen molar-refractivity contribution in [3.05, 3.63) is 59.7 Å². The molecule has 2 rings (SSSR count). The molecule has 1 N–H and O–H groups in total. The van der Waals surface area contributed by atoms with Crippen molar-refractivity contribution in [2.75, 3.05) is 0 Å². The summed E-state index contributed by atoms with van der Waals surface area (Å²) >= 11 is 0. The third kappa shape index (κ3) is 3.38. The van der Waals surface area contributed by atoms with Crippen molar-refractivity contribution in [3.63, 3.8) is 0 Å². The first kappa shape index (κ1) is 14.1. The second-order valence-corrected chi connectivity index (χ2v) is 5.71. The number of hydrogen-bond acceptors (Lipinski definition) is 4. The van der Waals surface area contributed by atoms with Crippen LogP contribution in [0.1, 0.15) is 11.3 Å². The molecule has 2 aromatic rings. The van der Waals surface area contributed by atoms with Crippen LogP contribution < -0.4 is 4.72 Å². The van der Waals surface area contributed by atoms with E-state index < -0.39 is 15.8 Å². The Morgan fingerprint density at radius 2 is 2.10 bits per heavy atom. The van der Waals surface area contributed by atoms with Crippen LogP contribution >= 0.6 is 0 Å². The summed E-state index contributed by atoms with van der Waals surface area (Å²) in [4.78, 5) is 3.64. The predicted molar refractivity (Wildman–Crippen MR) is 69.4 cm³/mol. The largest absolute Gasteiger partial charge is 0.244 e. The van der Waals surface area contributed by atoms with E-state index in [-0.39, 0.29) is 17.1 Å². The Bertz CT molecular complexity index is 752. The zero-order chi connectivity index (χ0) is 14.6. The highest BCUT2D eigenvalue weighted by Crippen LogP contribution is 2.09. The Balaban J connectivity index is 2.13. The molecule has 0 atom stereocenters. The fraction of sp³-hybridized carbons (Fsp3) is 0.0769. The van der Waals surface area contributed by atoms with Gasteiger partial charge in [0.2, 0.25) is 10.0 Å². The molecule has 20 heavy (non-hydrogen) atoms. The van der Waals surface area contributed by atoms with E-state index in [1.807, 2.05) is 0 Å². The quantitative estimate of drug-likeness (QED) is 0.927. The van der Waals surface area contributed by atoms with E-state index in [0.717, 1.165) is 6.20 Å². The van der Waals surface area contributed by atoms with E-state index in [2.05, 4.69) is 9.71 Å². The van der Waals surface area contributed by atoms with Crippen molar-refractivity contribution < 1.29 is 12.8 Å². The van der Waals surface area contributed by atoms with Gasteiger partial charge in [-0.05, 0) is 29.8 Å². The summed E-state index contributed by atoms with van der Waals surface area (Å²) in [6.45, 7) is -0.0277. The molecule has 5 nitrogen and oxygen atoms in total. The van der Waals surface area contributed by atoms with Gasteiger partial charge >= 0.3 is 0 Å². The van der Waals surface area contributed by atoms with E-state index >= 15 is 0 Å². The predicted octanol–water partition coefficient (Wildman–Crippen LogP) is 1.57. The normalized spacial score (nSPS) is 11.0. The van der Waals surface area contributed by atoms with Crippen LogP contribution in [-0.2, 0) is 16.6 Å². The Hall–Kier alpha value is -2.30. The molecule has 0 spiro atoms. The molecule has 0 fully saturated rings. The van der Waals surface area contributed by atoms with Crippen molar-refractivity contribution in [3.8, 4) is 6.07 Å². The number of pyridine rings is 1. The second kappa shape index (κ2) is 5.77. The molecule has 0 amide bonds. The van der Waals surface area contributed by atoms with Crippen molar-refractivity contribution in [2.24, 2.45) is 0 Å². The minimum Gasteiger partial charge on any atom is -0.244 e. The number of hydrogen-bond donors (Lipinski definition) is 1. The number of nitrogens with zero attached hydrogens (tertiary/aromatic N) is 2. The molecule has 0 aliphatic carbocycles. The molecule has 0 radical (unpaired) electrons. The maximum Gasteiger partial charge on any atom is 0.242 e. The lowest BCUT2D eigenvalue weighted by Gasteiger charge is -2.06. The summed E-state index contributed by atoms with van der Waals surface area (Å²) in [6, 6.07) is 10.1. The van der Waals surface area contributed by atoms with Crippen LogP contribution in [-0.4, -0.2) is 13.4 Å². The number of aromatic nitrogens is 1. The highest BCUT2D eigenvalue weighted by molar-refractivity contribution is 7.89. The minimum absolute atomic E-state index is 0.0277. The van der Waals surface area contributed by atoms with Crippen LogP contribution in [0.3, 0.4) is 0 Å². The minimum atomic E-state index is -3.74. The van der Waals surface area contributed by atoms with Gasteiger partial charge in [-0.25, -0.2) is 22.5 Å². The fourth-order valence-electron chi connectivity index (χ4n) is 1.51. The van der Waals surface area contributed by atoms with Gasteiger partial charge in [-0.15, -0.1) is 0 Å². The molecule has 1 aromatic carbocycles. The van der Waals surface area contributed by atoms with Crippen molar-refractivity contribution in [1.29, 1.82) is 5.26 Å². The summed E-state index contributed by atoms with van der Waals surface area (Å²) in [5, 5.41) is 8.60. The van der Waals surface area contributed by atoms with E-state index in [4.69, 9.17) is 5.26 Å². The molecule has 0 aliphatic rings. The highest BCUT2D eigenvalue weighted by atomic mass is 32.2. The van der Waals surface area contributed by atoms with Gasteiger partial charge in [0.1, 0.15) is 22.5 Å². The monoisotopic (exact) mass is 291 g/mol. The molecule has 0 bridgehead atoms. The van der Waals surface area contributed by atoms with Crippen LogP contribution in [0.2, 0.25) is 0 Å². The van der Waals surface area contributed by atoms with Crippen molar-refractivity contribution >= 4 is 10.0 Å². The second-order valence-electron chi connectivity index (χ2n) is 3.95. The standard InChI is InChI=1S/C13H10FN3O2S/c14-11-3-1-2-10(6-11)8-17-20(18,19)13-5-4-12(7-15)16-9-13/h1-6,9,17H,8H2. The van der Waals surface area contributed by atoms with E-state index in [9.17, 15) is 12.8 Å².